The quantitative estimate of drug-likeness (QED) is 0.577. The van der Waals surface area contributed by atoms with Crippen LogP contribution in [-0.2, 0) is 20.9 Å². The Labute approximate surface area is 161 Å². The maximum atomic E-state index is 12.2. The van der Waals surface area contributed by atoms with Crippen molar-refractivity contribution in [1.82, 2.24) is 0 Å². The second-order valence-corrected chi connectivity index (χ2v) is 6.06. The van der Waals surface area contributed by atoms with E-state index in [-0.39, 0.29) is 23.8 Å². The van der Waals surface area contributed by atoms with Gasteiger partial charge in [-0.15, -0.1) is 0 Å². The summed E-state index contributed by atoms with van der Waals surface area (Å²) in [6, 6.07) is 9.76. The third-order valence-corrected chi connectivity index (χ3v) is 3.97. The topological polar surface area (TPSA) is 100 Å². The van der Waals surface area contributed by atoms with Crippen LogP contribution in [0.5, 0.6) is 11.5 Å². The molecule has 0 aliphatic carbocycles. The van der Waals surface area contributed by atoms with Gasteiger partial charge in [-0.05, 0) is 30.7 Å². The molecule has 2 aromatic rings. The van der Waals surface area contributed by atoms with Crippen molar-refractivity contribution in [2.24, 2.45) is 0 Å². The Kier molecular flexibility index (Phi) is 5.90. The van der Waals surface area contributed by atoms with Gasteiger partial charge >= 0.3 is 5.97 Å². The molecule has 0 saturated carbocycles. The number of esters is 1. The molecule has 0 radical (unpaired) electrons. The molecule has 8 nitrogen and oxygen atoms in total. The maximum Gasteiger partial charge on any atom is 0.338 e. The minimum Gasteiger partial charge on any atom is -0.454 e. The monoisotopic (exact) mass is 385 g/mol. The Morgan fingerprint density at radius 3 is 2.57 bits per heavy atom. The first kappa shape index (κ1) is 19.4. The van der Waals surface area contributed by atoms with Crippen LogP contribution in [0, 0.1) is 0 Å². The molecule has 2 aromatic carbocycles. The maximum absolute atomic E-state index is 12.2. The van der Waals surface area contributed by atoms with E-state index in [2.05, 4.69) is 5.32 Å². The summed E-state index contributed by atoms with van der Waals surface area (Å²) in [4.78, 5) is 36.2. The van der Waals surface area contributed by atoms with Crippen molar-refractivity contribution in [3.63, 3.8) is 0 Å². The number of amides is 1. The highest BCUT2D eigenvalue weighted by atomic mass is 16.7. The number of hydrogen-bond donors (Lipinski definition) is 1. The van der Waals surface area contributed by atoms with Crippen LogP contribution in [0.2, 0.25) is 0 Å². The van der Waals surface area contributed by atoms with E-state index < -0.39 is 18.5 Å². The molecule has 1 aliphatic rings. The molecule has 0 atom stereocenters. The van der Waals surface area contributed by atoms with Gasteiger partial charge in [-0.3, -0.25) is 9.59 Å². The van der Waals surface area contributed by atoms with Crippen molar-refractivity contribution in [3.8, 4) is 11.5 Å². The van der Waals surface area contributed by atoms with Gasteiger partial charge in [0.25, 0.3) is 5.91 Å². The van der Waals surface area contributed by atoms with Crippen LogP contribution >= 0.6 is 0 Å². The van der Waals surface area contributed by atoms with E-state index in [1.165, 1.54) is 19.1 Å². The summed E-state index contributed by atoms with van der Waals surface area (Å²) >= 11 is 0. The Balaban J connectivity index is 1.64. The number of ketones is 1. The zero-order valence-corrected chi connectivity index (χ0v) is 15.4. The summed E-state index contributed by atoms with van der Waals surface area (Å²) in [6.07, 6.45) is 0. The summed E-state index contributed by atoms with van der Waals surface area (Å²) in [7, 11) is 1.56. The third kappa shape index (κ3) is 4.47. The first-order valence-corrected chi connectivity index (χ1v) is 8.47. The highest BCUT2D eigenvalue weighted by molar-refractivity contribution is 6.05. The van der Waals surface area contributed by atoms with E-state index in [4.69, 9.17) is 18.9 Å². The molecule has 3 rings (SSSR count). The number of methoxy groups -OCH3 is 1. The van der Waals surface area contributed by atoms with Crippen LogP contribution in [0.15, 0.2) is 36.4 Å². The van der Waals surface area contributed by atoms with Gasteiger partial charge < -0.3 is 24.3 Å². The molecule has 0 unspecified atom stereocenters. The molecule has 28 heavy (non-hydrogen) atoms. The van der Waals surface area contributed by atoms with E-state index in [9.17, 15) is 14.4 Å². The zero-order chi connectivity index (χ0) is 20.1. The van der Waals surface area contributed by atoms with Crippen LogP contribution in [0.4, 0.5) is 5.69 Å². The molecule has 8 heteroatoms. The minimum absolute atomic E-state index is 0.0455. The molecule has 0 saturated heterocycles. The number of rotatable bonds is 7. The van der Waals surface area contributed by atoms with Crippen LogP contribution < -0.4 is 14.8 Å². The Hall–Kier alpha value is -3.39. The number of nitrogens with one attached hydrogen (secondary N) is 1. The molecule has 0 bridgehead atoms. The number of hydrogen-bond acceptors (Lipinski definition) is 7. The van der Waals surface area contributed by atoms with Gasteiger partial charge in [-0.1, -0.05) is 12.1 Å². The van der Waals surface area contributed by atoms with E-state index in [1.807, 2.05) is 6.07 Å². The van der Waals surface area contributed by atoms with Gasteiger partial charge in [0, 0.05) is 18.7 Å². The molecule has 1 heterocycles. The lowest BCUT2D eigenvalue weighted by Crippen LogP contribution is -2.22. The Morgan fingerprint density at radius 2 is 1.86 bits per heavy atom. The predicted molar refractivity (Wildman–Crippen MR) is 98.6 cm³/mol. The first-order valence-electron chi connectivity index (χ1n) is 8.47. The van der Waals surface area contributed by atoms with E-state index >= 15 is 0 Å². The standard InChI is InChI=1S/C20H19NO7/c1-12(22)15-7-17-18(28-11-27-17)8-16(15)21-19(23)10-26-20(24)14-5-3-4-13(6-14)9-25-2/h3-8H,9-11H2,1-2H3,(H,21,23). The zero-order valence-electron chi connectivity index (χ0n) is 15.4. The summed E-state index contributed by atoms with van der Waals surface area (Å²) in [5, 5.41) is 2.57. The van der Waals surface area contributed by atoms with Crippen LogP contribution in [-0.4, -0.2) is 38.2 Å². The number of Topliss-reactive ketones (excluding diaryl/α,β-unsaturated/α-hetero) is 1. The molecule has 1 amide bonds. The van der Waals surface area contributed by atoms with Crippen molar-refractivity contribution >= 4 is 23.3 Å². The lowest BCUT2D eigenvalue weighted by Gasteiger charge is -2.11. The molecule has 0 fully saturated rings. The molecule has 1 aliphatic heterocycles. The number of ether oxygens (including phenoxy) is 4. The van der Waals surface area contributed by atoms with Gasteiger partial charge in [0.15, 0.2) is 23.9 Å². The van der Waals surface area contributed by atoms with Crippen LogP contribution in [0.1, 0.15) is 33.2 Å². The smallest absolute Gasteiger partial charge is 0.338 e. The van der Waals surface area contributed by atoms with Gasteiger partial charge in [-0.25, -0.2) is 4.79 Å². The number of carbonyl (C=O) groups is 3. The van der Waals surface area contributed by atoms with Crippen molar-refractivity contribution in [2.45, 2.75) is 13.5 Å². The molecule has 146 valence electrons. The molecule has 1 N–H and O–H groups in total. The van der Waals surface area contributed by atoms with Gasteiger partial charge in [0.2, 0.25) is 6.79 Å². The fraction of sp³-hybridized carbons (Fsp3) is 0.250. The van der Waals surface area contributed by atoms with Crippen molar-refractivity contribution < 1.29 is 33.3 Å². The fourth-order valence-corrected chi connectivity index (χ4v) is 2.69. The van der Waals surface area contributed by atoms with E-state index in [0.29, 0.717) is 23.7 Å². The third-order valence-electron chi connectivity index (χ3n) is 3.97. The highest BCUT2D eigenvalue weighted by Gasteiger charge is 2.21. The fourth-order valence-electron chi connectivity index (χ4n) is 2.69. The minimum atomic E-state index is -0.634. The second kappa shape index (κ2) is 8.53. The summed E-state index contributed by atoms with van der Waals surface area (Å²) in [5.41, 5.74) is 1.67. The van der Waals surface area contributed by atoms with Gasteiger partial charge in [0.1, 0.15) is 0 Å². The summed E-state index contributed by atoms with van der Waals surface area (Å²) < 4.78 is 20.6. The summed E-state index contributed by atoms with van der Waals surface area (Å²) in [6.45, 7) is 1.28. The first-order chi connectivity index (χ1) is 13.5. The molecular weight excluding hydrogens is 366 g/mol. The number of fused-ring (bicyclic) bond motifs is 1. The van der Waals surface area contributed by atoms with Crippen molar-refractivity contribution in [2.75, 3.05) is 25.8 Å². The van der Waals surface area contributed by atoms with E-state index in [0.717, 1.165) is 5.56 Å². The predicted octanol–water partition coefficient (Wildman–Crippen LogP) is 2.56. The second-order valence-electron chi connectivity index (χ2n) is 6.06. The average molecular weight is 385 g/mol. The van der Waals surface area contributed by atoms with Gasteiger partial charge in [-0.2, -0.15) is 0 Å². The Bertz CT molecular complexity index is 923. The van der Waals surface area contributed by atoms with Crippen LogP contribution in [0.3, 0.4) is 0 Å². The Morgan fingerprint density at radius 1 is 1.11 bits per heavy atom. The van der Waals surface area contributed by atoms with Crippen LogP contribution in [0.25, 0.3) is 0 Å². The molecular formula is C20H19NO7. The van der Waals surface area contributed by atoms with Crippen molar-refractivity contribution in [3.05, 3.63) is 53.1 Å². The number of benzene rings is 2. The summed E-state index contributed by atoms with van der Waals surface area (Å²) in [5.74, 6) is -0.605. The number of anilines is 1. The molecule has 0 spiro atoms. The lowest BCUT2D eigenvalue weighted by molar-refractivity contribution is -0.119. The molecule has 0 aromatic heterocycles. The normalized spacial score (nSPS) is 11.8. The number of carbonyl (C=O) groups excluding carboxylic acids is 3. The highest BCUT2D eigenvalue weighted by Crippen LogP contribution is 2.37. The van der Waals surface area contributed by atoms with E-state index in [1.54, 1.807) is 25.3 Å². The van der Waals surface area contributed by atoms with Crippen molar-refractivity contribution in [1.29, 1.82) is 0 Å². The van der Waals surface area contributed by atoms with Gasteiger partial charge in [0.05, 0.1) is 17.9 Å². The largest absolute Gasteiger partial charge is 0.454 e. The SMILES string of the molecule is COCc1cccc(C(=O)OCC(=O)Nc2cc3c(cc2C(C)=O)OCO3)c1. The lowest BCUT2D eigenvalue weighted by atomic mass is 10.1. The average Bonchev–Trinajstić information content (AvgIpc) is 3.13.